The van der Waals surface area contributed by atoms with Gasteiger partial charge >= 0.3 is 0 Å². The fourth-order valence-corrected chi connectivity index (χ4v) is 3.05. The summed E-state index contributed by atoms with van der Waals surface area (Å²) in [5, 5.41) is 0. The number of hydrogen-bond donors (Lipinski definition) is 0. The van der Waals surface area contributed by atoms with Crippen LogP contribution in [0.5, 0.6) is 0 Å². The third-order valence-electron chi connectivity index (χ3n) is 3.96. The normalized spacial score (nSPS) is 35.1. The first-order valence-electron chi connectivity index (χ1n) is 6.04. The topological polar surface area (TPSA) is 16.1 Å². The van der Waals surface area contributed by atoms with E-state index in [1.807, 2.05) is 6.20 Å². The number of pyridine rings is 1. The summed E-state index contributed by atoms with van der Waals surface area (Å²) in [4.78, 5) is 6.87. The van der Waals surface area contributed by atoms with Crippen LogP contribution in [0.15, 0.2) is 24.5 Å². The highest BCUT2D eigenvalue weighted by Gasteiger charge is 2.29. The van der Waals surface area contributed by atoms with Gasteiger partial charge in [-0.3, -0.25) is 4.98 Å². The lowest BCUT2D eigenvalue weighted by atomic mass is 9.88. The zero-order chi connectivity index (χ0) is 10.1. The largest absolute Gasteiger partial charge is 0.303 e. The maximum atomic E-state index is 4.24. The molecule has 0 amide bonds. The van der Waals surface area contributed by atoms with Crippen molar-refractivity contribution in [2.45, 2.75) is 25.2 Å². The van der Waals surface area contributed by atoms with Crippen LogP contribution in [-0.4, -0.2) is 29.5 Å². The van der Waals surface area contributed by atoms with Crippen molar-refractivity contribution < 1.29 is 0 Å². The van der Waals surface area contributed by atoms with Gasteiger partial charge < -0.3 is 4.90 Å². The van der Waals surface area contributed by atoms with Gasteiger partial charge in [-0.15, -0.1) is 0 Å². The van der Waals surface area contributed by atoms with Crippen molar-refractivity contribution >= 4 is 0 Å². The fourth-order valence-electron chi connectivity index (χ4n) is 3.05. The Morgan fingerprint density at radius 3 is 2.87 bits per heavy atom. The molecule has 0 saturated carbocycles. The van der Waals surface area contributed by atoms with Crippen molar-refractivity contribution in [1.29, 1.82) is 0 Å². The molecule has 3 saturated heterocycles. The van der Waals surface area contributed by atoms with Crippen LogP contribution in [0.2, 0.25) is 0 Å². The van der Waals surface area contributed by atoms with Gasteiger partial charge in [0.1, 0.15) is 0 Å². The van der Waals surface area contributed by atoms with Crippen molar-refractivity contribution in [3.63, 3.8) is 0 Å². The molecule has 80 valence electrons. The Bertz CT molecular complexity index is 301. The molecule has 2 nitrogen and oxygen atoms in total. The molecular formula is C13H18N2. The molecule has 2 bridgehead atoms. The van der Waals surface area contributed by atoms with Crippen molar-refractivity contribution in [3.05, 3.63) is 30.1 Å². The number of nitrogens with zero attached hydrogens (tertiary/aromatic N) is 2. The van der Waals surface area contributed by atoms with E-state index in [0.29, 0.717) is 0 Å². The van der Waals surface area contributed by atoms with Crippen molar-refractivity contribution in [1.82, 2.24) is 9.88 Å². The molecule has 3 aliphatic rings. The summed E-state index contributed by atoms with van der Waals surface area (Å²) in [7, 11) is 0. The SMILES string of the molecule is c1cncc(C2CC3CCN(CC3)C2)c1. The van der Waals surface area contributed by atoms with Gasteiger partial charge in [-0.2, -0.15) is 0 Å². The quantitative estimate of drug-likeness (QED) is 0.694. The van der Waals surface area contributed by atoms with E-state index in [-0.39, 0.29) is 0 Å². The molecular weight excluding hydrogens is 184 g/mol. The first kappa shape index (κ1) is 9.34. The molecule has 0 spiro atoms. The fraction of sp³-hybridized carbons (Fsp3) is 0.615. The minimum Gasteiger partial charge on any atom is -0.303 e. The smallest absolute Gasteiger partial charge is 0.0303 e. The molecule has 3 aliphatic heterocycles. The molecule has 15 heavy (non-hydrogen) atoms. The Hall–Kier alpha value is -0.890. The maximum Gasteiger partial charge on any atom is 0.0303 e. The molecule has 3 fully saturated rings. The number of fused-ring (bicyclic) bond motifs is 4. The summed E-state index contributed by atoms with van der Waals surface area (Å²) in [5.74, 6) is 1.70. The molecule has 0 radical (unpaired) electrons. The third-order valence-corrected chi connectivity index (χ3v) is 3.96. The van der Waals surface area contributed by atoms with E-state index in [1.54, 1.807) is 0 Å². The predicted octanol–water partition coefficient (Wildman–Crippen LogP) is 2.28. The Kier molecular flexibility index (Phi) is 2.45. The summed E-state index contributed by atoms with van der Waals surface area (Å²) in [5.41, 5.74) is 1.44. The highest BCUT2D eigenvalue weighted by molar-refractivity contribution is 5.16. The van der Waals surface area contributed by atoms with Crippen LogP contribution in [-0.2, 0) is 0 Å². The lowest BCUT2D eigenvalue weighted by Gasteiger charge is -2.26. The standard InChI is InChI=1S/C13H18N2/c1-2-12(9-14-5-1)13-8-11-3-6-15(10-13)7-4-11/h1-2,5,9,11,13H,3-4,6-8,10H2. The summed E-state index contributed by atoms with van der Waals surface area (Å²) >= 11 is 0. The van der Waals surface area contributed by atoms with E-state index in [0.717, 1.165) is 11.8 Å². The lowest BCUT2D eigenvalue weighted by Crippen LogP contribution is -2.31. The zero-order valence-electron chi connectivity index (χ0n) is 9.10. The Morgan fingerprint density at radius 1 is 1.27 bits per heavy atom. The Morgan fingerprint density at radius 2 is 2.13 bits per heavy atom. The van der Waals surface area contributed by atoms with E-state index in [1.165, 1.54) is 44.5 Å². The van der Waals surface area contributed by atoms with Gasteiger partial charge in [-0.05, 0) is 55.8 Å². The molecule has 0 aromatic carbocycles. The molecule has 4 heterocycles. The van der Waals surface area contributed by atoms with Gasteiger partial charge in [0.2, 0.25) is 0 Å². The van der Waals surface area contributed by atoms with Gasteiger partial charge in [0.05, 0.1) is 0 Å². The van der Waals surface area contributed by atoms with Gasteiger partial charge in [0, 0.05) is 18.9 Å². The Balaban J connectivity index is 1.82. The van der Waals surface area contributed by atoms with Crippen LogP contribution in [0.1, 0.15) is 30.7 Å². The molecule has 2 heteroatoms. The monoisotopic (exact) mass is 202 g/mol. The molecule has 1 aromatic rings. The van der Waals surface area contributed by atoms with Crippen molar-refractivity contribution in [2.75, 3.05) is 19.6 Å². The van der Waals surface area contributed by atoms with E-state index in [9.17, 15) is 0 Å². The third kappa shape index (κ3) is 1.91. The van der Waals surface area contributed by atoms with E-state index < -0.39 is 0 Å². The molecule has 1 atom stereocenters. The summed E-state index contributed by atoms with van der Waals surface area (Å²) in [6.07, 6.45) is 8.13. The highest BCUT2D eigenvalue weighted by atomic mass is 15.1. The van der Waals surface area contributed by atoms with Gasteiger partial charge in [0.15, 0.2) is 0 Å². The van der Waals surface area contributed by atoms with Crippen LogP contribution in [0.3, 0.4) is 0 Å². The van der Waals surface area contributed by atoms with Crippen molar-refractivity contribution in [2.24, 2.45) is 5.92 Å². The van der Waals surface area contributed by atoms with E-state index in [4.69, 9.17) is 0 Å². The first-order valence-corrected chi connectivity index (χ1v) is 6.04. The molecule has 1 aromatic heterocycles. The average Bonchev–Trinajstić information content (AvgIpc) is 2.63. The van der Waals surface area contributed by atoms with Gasteiger partial charge in [0.25, 0.3) is 0 Å². The predicted molar refractivity (Wildman–Crippen MR) is 60.8 cm³/mol. The number of piperidine rings is 1. The second-order valence-corrected chi connectivity index (χ2v) is 4.96. The van der Waals surface area contributed by atoms with Crippen LogP contribution in [0.25, 0.3) is 0 Å². The molecule has 0 aliphatic carbocycles. The molecule has 1 unspecified atom stereocenters. The molecule has 0 N–H and O–H groups in total. The second-order valence-electron chi connectivity index (χ2n) is 4.96. The van der Waals surface area contributed by atoms with Crippen molar-refractivity contribution in [3.8, 4) is 0 Å². The van der Waals surface area contributed by atoms with Gasteiger partial charge in [-0.25, -0.2) is 0 Å². The van der Waals surface area contributed by atoms with Gasteiger partial charge in [-0.1, -0.05) is 6.07 Å². The average molecular weight is 202 g/mol. The van der Waals surface area contributed by atoms with Crippen LogP contribution in [0.4, 0.5) is 0 Å². The van der Waals surface area contributed by atoms with E-state index >= 15 is 0 Å². The minimum atomic E-state index is 0.730. The lowest BCUT2D eigenvalue weighted by molar-refractivity contribution is 0.223. The minimum absolute atomic E-state index is 0.730. The van der Waals surface area contributed by atoms with Crippen LogP contribution in [0, 0.1) is 5.92 Å². The van der Waals surface area contributed by atoms with Crippen LogP contribution >= 0.6 is 0 Å². The van der Waals surface area contributed by atoms with Crippen LogP contribution < -0.4 is 0 Å². The first-order chi connectivity index (χ1) is 7.42. The maximum absolute atomic E-state index is 4.24. The number of hydrogen-bond acceptors (Lipinski definition) is 2. The summed E-state index contributed by atoms with van der Waals surface area (Å²) in [6, 6.07) is 4.31. The number of aromatic nitrogens is 1. The summed E-state index contributed by atoms with van der Waals surface area (Å²) in [6.45, 7) is 3.89. The summed E-state index contributed by atoms with van der Waals surface area (Å²) < 4.78 is 0. The number of rotatable bonds is 1. The zero-order valence-corrected chi connectivity index (χ0v) is 9.10. The Labute approximate surface area is 91.3 Å². The second kappa shape index (κ2) is 3.93. The molecule has 4 rings (SSSR count). The highest BCUT2D eigenvalue weighted by Crippen LogP contribution is 2.34. The van der Waals surface area contributed by atoms with E-state index in [2.05, 4.69) is 28.2 Å².